The molecule has 0 aliphatic carbocycles. The average molecular weight is 216 g/mol. The van der Waals surface area contributed by atoms with Crippen LogP contribution in [-0.4, -0.2) is 49.6 Å². The molecule has 1 unspecified atom stereocenters. The standard InChI is InChI=1S/C11H24N2S/c1-10(14-9-8-13(2)3)11-4-6-12-7-5-11/h10-12H,4-9H2,1-3H3. The molecule has 2 nitrogen and oxygen atoms in total. The minimum atomic E-state index is 0.844. The molecule has 0 aromatic carbocycles. The van der Waals surface area contributed by atoms with Gasteiger partial charge in [-0.25, -0.2) is 0 Å². The molecule has 1 saturated heterocycles. The van der Waals surface area contributed by atoms with Crippen molar-refractivity contribution in [2.24, 2.45) is 5.92 Å². The van der Waals surface area contributed by atoms with Crippen molar-refractivity contribution in [2.45, 2.75) is 25.0 Å². The molecule has 0 radical (unpaired) electrons. The van der Waals surface area contributed by atoms with Crippen LogP contribution in [0.1, 0.15) is 19.8 Å². The maximum Gasteiger partial charge on any atom is 0.00663 e. The molecular formula is C11H24N2S. The molecule has 0 bridgehead atoms. The van der Waals surface area contributed by atoms with E-state index in [0.29, 0.717) is 0 Å². The Balaban J connectivity index is 2.10. The lowest BCUT2D eigenvalue weighted by molar-refractivity contribution is 0.372. The number of nitrogens with zero attached hydrogens (tertiary/aromatic N) is 1. The smallest absolute Gasteiger partial charge is 0.00663 e. The van der Waals surface area contributed by atoms with Crippen molar-refractivity contribution >= 4 is 11.8 Å². The predicted molar refractivity (Wildman–Crippen MR) is 66.1 cm³/mol. The lowest BCUT2D eigenvalue weighted by Crippen LogP contribution is -2.32. The molecule has 1 atom stereocenters. The summed E-state index contributed by atoms with van der Waals surface area (Å²) in [6, 6.07) is 0. The van der Waals surface area contributed by atoms with Gasteiger partial charge in [-0.1, -0.05) is 6.92 Å². The van der Waals surface area contributed by atoms with E-state index in [0.717, 1.165) is 11.2 Å². The quantitative estimate of drug-likeness (QED) is 0.752. The molecule has 0 spiro atoms. The third-order valence-electron chi connectivity index (χ3n) is 2.97. The second-order valence-corrected chi connectivity index (χ2v) is 5.95. The third-order valence-corrected chi connectivity index (χ3v) is 4.30. The van der Waals surface area contributed by atoms with E-state index in [2.05, 4.69) is 43.0 Å². The maximum atomic E-state index is 3.43. The molecule has 84 valence electrons. The fourth-order valence-electron chi connectivity index (χ4n) is 1.87. The van der Waals surface area contributed by atoms with Gasteiger partial charge in [0.15, 0.2) is 0 Å². The first-order valence-corrected chi connectivity index (χ1v) is 6.72. The van der Waals surface area contributed by atoms with Crippen LogP contribution in [0, 0.1) is 5.92 Å². The van der Waals surface area contributed by atoms with E-state index >= 15 is 0 Å². The van der Waals surface area contributed by atoms with E-state index in [1.54, 1.807) is 0 Å². The summed E-state index contributed by atoms with van der Waals surface area (Å²) in [4.78, 5) is 2.27. The SMILES string of the molecule is CC(SCCN(C)C)C1CCNCC1. The maximum absolute atomic E-state index is 3.43. The highest BCUT2D eigenvalue weighted by molar-refractivity contribution is 7.99. The van der Waals surface area contributed by atoms with Crippen LogP contribution >= 0.6 is 11.8 Å². The number of piperidine rings is 1. The van der Waals surface area contributed by atoms with E-state index in [1.807, 2.05) is 0 Å². The second kappa shape index (κ2) is 6.70. The van der Waals surface area contributed by atoms with Crippen molar-refractivity contribution < 1.29 is 0 Å². The largest absolute Gasteiger partial charge is 0.317 e. The number of rotatable bonds is 5. The Labute approximate surface area is 92.8 Å². The summed E-state index contributed by atoms with van der Waals surface area (Å²) in [5.74, 6) is 2.22. The third kappa shape index (κ3) is 4.67. The first-order valence-electron chi connectivity index (χ1n) is 5.67. The number of hydrogen-bond donors (Lipinski definition) is 1. The van der Waals surface area contributed by atoms with Crippen LogP contribution in [0.15, 0.2) is 0 Å². The van der Waals surface area contributed by atoms with Crippen LogP contribution < -0.4 is 5.32 Å². The molecule has 1 aliphatic heterocycles. The van der Waals surface area contributed by atoms with Crippen LogP contribution in [0.5, 0.6) is 0 Å². The Bertz CT molecular complexity index is 144. The summed E-state index contributed by atoms with van der Waals surface area (Å²) in [6.45, 7) is 6.06. The van der Waals surface area contributed by atoms with Gasteiger partial charge in [-0.05, 0) is 45.9 Å². The molecule has 0 aromatic rings. The van der Waals surface area contributed by atoms with E-state index < -0.39 is 0 Å². The summed E-state index contributed by atoms with van der Waals surface area (Å²) in [5, 5.41) is 4.27. The van der Waals surface area contributed by atoms with Gasteiger partial charge in [0.1, 0.15) is 0 Å². The van der Waals surface area contributed by atoms with Crippen molar-refractivity contribution in [2.75, 3.05) is 39.5 Å². The van der Waals surface area contributed by atoms with Crippen LogP contribution in [0.4, 0.5) is 0 Å². The summed E-state index contributed by atoms with van der Waals surface area (Å²) < 4.78 is 0. The summed E-state index contributed by atoms with van der Waals surface area (Å²) in [7, 11) is 4.30. The fourth-order valence-corrected chi connectivity index (χ4v) is 3.26. The van der Waals surface area contributed by atoms with Crippen molar-refractivity contribution in [3.8, 4) is 0 Å². The first-order chi connectivity index (χ1) is 6.70. The Kier molecular flexibility index (Phi) is 5.90. The molecule has 0 saturated carbocycles. The van der Waals surface area contributed by atoms with Gasteiger partial charge < -0.3 is 10.2 Å². The van der Waals surface area contributed by atoms with Gasteiger partial charge >= 0.3 is 0 Å². The van der Waals surface area contributed by atoms with E-state index in [-0.39, 0.29) is 0 Å². The monoisotopic (exact) mass is 216 g/mol. The Morgan fingerprint density at radius 1 is 1.36 bits per heavy atom. The van der Waals surface area contributed by atoms with Crippen LogP contribution in [0.2, 0.25) is 0 Å². The number of hydrogen-bond acceptors (Lipinski definition) is 3. The van der Waals surface area contributed by atoms with E-state index in [1.165, 1.54) is 38.2 Å². The van der Waals surface area contributed by atoms with Crippen molar-refractivity contribution in [1.82, 2.24) is 10.2 Å². The molecule has 0 amide bonds. The highest BCUT2D eigenvalue weighted by Gasteiger charge is 2.19. The van der Waals surface area contributed by atoms with Crippen LogP contribution in [0.3, 0.4) is 0 Å². The molecule has 3 heteroatoms. The average Bonchev–Trinajstić information content (AvgIpc) is 2.18. The molecule has 0 aromatic heterocycles. The fraction of sp³-hybridized carbons (Fsp3) is 1.00. The molecule has 1 fully saturated rings. The molecule has 1 N–H and O–H groups in total. The number of thioether (sulfide) groups is 1. The summed E-state index contributed by atoms with van der Waals surface area (Å²) >= 11 is 2.14. The number of nitrogens with one attached hydrogen (secondary N) is 1. The predicted octanol–water partition coefficient (Wildman–Crippen LogP) is 1.67. The normalized spacial score (nSPS) is 21.4. The van der Waals surface area contributed by atoms with Gasteiger partial charge in [0.05, 0.1) is 0 Å². The van der Waals surface area contributed by atoms with Crippen molar-refractivity contribution in [3.63, 3.8) is 0 Å². The van der Waals surface area contributed by atoms with Gasteiger partial charge in [0, 0.05) is 17.5 Å². The van der Waals surface area contributed by atoms with Gasteiger partial charge in [0.25, 0.3) is 0 Å². The highest BCUT2D eigenvalue weighted by Crippen LogP contribution is 2.26. The minimum Gasteiger partial charge on any atom is -0.317 e. The molecule has 1 heterocycles. The van der Waals surface area contributed by atoms with E-state index in [9.17, 15) is 0 Å². The molecule has 1 rings (SSSR count). The Morgan fingerprint density at radius 2 is 2.00 bits per heavy atom. The zero-order chi connectivity index (χ0) is 10.4. The van der Waals surface area contributed by atoms with Gasteiger partial charge in [-0.3, -0.25) is 0 Å². The lowest BCUT2D eigenvalue weighted by Gasteiger charge is -2.28. The van der Waals surface area contributed by atoms with Gasteiger partial charge in [-0.15, -0.1) is 0 Å². The molecular weight excluding hydrogens is 192 g/mol. The zero-order valence-electron chi connectivity index (χ0n) is 9.75. The molecule has 14 heavy (non-hydrogen) atoms. The summed E-state index contributed by atoms with van der Waals surface area (Å²) in [6.07, 6.45) is 2.74. The molecule has 1 aliphatic rings. The summed E-state index contributed by atoms with van der Waals surface area (Å²) in [5.41, 5.74) is 0. The zero-order valence-corrected chi connectivity index (χ0v) is 10.6. The van der Waals surface area contributed by atoms with Crippen molar-refractivity contribution in [1.29, 1.82) is 0 Å². The lowest BCUT2D eigenvalue weighted by atomic mass is 9.95. The van der Waals surface area contributed by atoms with Crippen LogP contribution in [-0.2, 0) is 0 Å². The second-order valence-electron chi connectivity index (χ2n) is 4.47. The van der Waals surface area contributed by atoms with E-state index in [4.69, 9.17) is 0 Å². The minimum absolute atomic E-state index is 0.844. The Hall–Kier alpha value is 0.270. The first kappa shape index (κ1) is 12.3. The van der Waals surface area contributed by atoms with Crippen LogP contribution in [0.25, 0.3) is 0 Å². The Morgan fingerprint density at radius 3 is 2.57 bits per heavy atom. The highest BCUT2D eigenvalue weighted by atomic mass is 32.2. The van der Waals surface area contributed by atoms with Gasteiger partial charge in [0.2, 0.25) is 0 Å². The van der Waals surface area contributed by atoms with Gasteiger partial charge in [-0.2, -0.15) is 11.8 Å². The topological polar surface area (TPSA) is 15.3 Å². The van der Waals surface area contributed by atoms with Crippen molar-refractivity contribution in [3.05, 3.63) is 0 Å².